The normalized spacial score (nSPS) is 10.8. The maximum atomic E-state index is 10.4. The number of hydrogen-bond donors (Lipinski definition) is 1. The molecule has 1 amide bonds. The summed E-state index contributed by atoms with van der Waals surface area (Å²) in [6, 6.07) is 15.4. The molecule has 4 heteroatoms. The number of carbonyl (C=O) groups excluding carboxylic acids is 1. The number of rotatable bonds is 8. The van der Waals surface area contributed by atoms with E-state index in [9.17, 15) is 4.79 Å². The average molecular weight is 295 g/mol. The topological polar surface area (TPSA) is 53.8 Å². The third kappa shape index (κ3) is 5.13. The number of azo groups is 1. The number of carbonyl (C=O) groups is 1. The Morgan fingerprint density at radius 3 is 2.50 bits per heavy atom. The van der Waals surface area contributed by atoms with E-state index in [-0.39, 0.29) is 0 Å². The van der Waals surface area contributed by atoms with Crippen molar-refractivity contribution in [2.24, 2.45) is 10.2 Å². The highest BCUT2D eigenvalue weighted by Gasteiger charge is 1.96. The maximum Gasteiger partial charge on any atom is 0.211 e. The summed E-state index contributed by atoms with van der Waals surface area (Å²) in [6.07, 6.45) is 5.50. The van der Waals surface area contributed by atoms with Gasteiger partial charge in [0.15, 0.2) is 0 Å². The van der Waals surface area contributed by atoms with Crippen LogP contribution in [0.2, 0.25) is 0 Å². The second kappa shape index (κ2) is 8.72. The lowest BCUT2D eigenvalue weighted by molar-refractivity contribution is -0.105. The van der Waals surface area contributed by atoms with E-state index in [2.05, 4.69) is 34.6 Å². The van der Waals surface area contributed by atoms with E-state index in [0.29, 0.717) is 17.8 Å². The second-order valence-electron chi connectivity index (χ2n) is 5.14. The molecular formula is C18H21N3O. The van der Waals surface area contributed by atoms with Gasteiger partial charge in [0.25, 0.3) is 0 Å². The fourth-order valence-electron chi connectivity index (χ4n) is 2.15. The van der Waals surface area contributed by atoms with Crippen molar-refractivity contribution in [3.63, 3.8) is 0 Å². The summed E-state index contributed by atoms with van der Waals surface area (Å²) in [5.41, 5.74) is 3.58. The molecule has 0 fully saturated rings. The molecule has 2 aromatic rings. The first kappa shape index (κ1) is 15.9. The summed E-state index contributed by atoms with van der Waals surface area (Å²) in [5, 5.41) is 11.0. The quantitative estimate of drug-likeness (QED) is 0.395. The van der Waals surface area contributed by atoms with Gasteiger partial charge in [-0.25, -0.2) is 0 Å². The second-order valence-corrected chi connectivity index (χ2v) is 5.14. The number of amides is 1. The fraction of sp³-hybridized carbons (Fsp3) is 0.278. The van der Waals surface area contributed by atoms with Crippen LogP contribution in [0.4, 0.5) is 17.1 Å². The maximum absolute atomic E-state index is 10.4. The summed E-state index contributed by atoms with van der Waals surface area (Å²) in [5.74, 6) is 0. The van der Waals surface area contributed by atoms with Crippen molar-refractivity contribution in [1.82, 2.24) is 0 Å². The van der Waals surface area contributed by atoms with E-state index in [1.807, 2.05) is 24.3 Å². The van der Waals surface area contributed by atoms with Gasteiger partial charge in [0.1, 0.15) is 0 Å². The molecule has 0 unspecified atom stereocenters. The molecule has 2 rings (SSSR count). The highest BCUT2D eigenvalue weighted by Crippen LogP contribution is 2.21. The Morgan fingerprint density at radius 1 is 1.00 bits per heavy atom. The molecular weight excluding hydrogens is 274 g/mol. The Labute approximate surface area is 131 Å². The predicted octanol–water partition coefficient (Wildman–Crippen LogP) is 5.40. The third-order valence-electron chi connectivity index (χ3n) is 3.36. The minimum absolute atomic E-state index is 0.646. The standard InChI is InChI=1S/C18H21N3O/c1-2-3-4-6-15-9-11-16(12-10-15)20-21-18-8-5-7-17(13-18)19-14-22/h5,7-14H,2-4,6H2,1H3,(H,19,22). The minimum atomic E-state index is 0.646. The summed E-state index contributed by atoms with van der Waals surface area (Å²) in [6.45, 7) is 2.21. The van der Waals surface area contributed by atoms with E-state index in [4.69, 9.17) is 0 Å². The van der Waals surface area contributed by atoms with Crippen LogP contribution in [0.3, 0.4) is 0 Å². The number of unbranched alkanes of at least 4 members (excludes halogenated alkanes) is 2. The Balaban J connectivity index is 1.97. The fourth-order valence-corrected chi connectivity index (χ4v) is 2.15. The highest BCUT2D eigenvalue weighted by molar-refractivity contribution is 5.72. The van der Waals surface area contributed by atoms with E-state index < -0.39 is 0 Å². The molecule has 0 aliphatic heterocycles. The van der Waals surface area contributed by atoms with Crippen LogP contribution >= 0.6 is 0 Å². The molecule has 0 radical (unpaired) electrons. The molecule has 22 heavy (non-hydrogen) atoms. The lowest BCUT2D eigenvalue weighted by Gasteiger charge is -2.01. The third-order valence-corrected chi connectivity index (χ3v) is 3.36. The number of aryl methyl sites for hydroxylation is 1. The van der Waals surface area contributed by atoms with Crippen LogP contribution in [0, 0.1) is 0 Å². The number of benzene rings is 2. The van der Waals surface area contributed by atoms with Crippen molar-refractivity contribution in [2.75, 3.05) is 5.32 Å². The van der Waals surface area contributed by atoms with Gasteiger partial charge in [-0.15, -0.1) is 0 Å². The van der Waals surface area contributed by atoms with Gasteiger partial charge in [-0.2, -0.15) is 10.2 Å². The van der Waals surface area contributed by atoms with Gasteiger partial charge in [0, 0.05) is 5.69 Å². The van der Waals surface area contributed by atoms with Crippen LogP contribution < -0.4 is 5.32 Å². The number of nitrogens with zero attached hydrogens (tertiary/aromatic N) is 2. The molecule has 4 nitrogen and oxygen atoms in total. The summed E-state index contributed by atoms with van der Waals surface area (Å²) >= 11 is 0. The predicted molar refractivity (Wildman–Crippen MR) is 90.0 cm³/mol. The van der Waals surface area contributed by atoms with Gasteiger partial charge >= 0.3 is 0 Å². The van der Waals surface area contributed by atoms with Crippen LogP contribution in [-0.2, 0) is 11.2 Å². The molecule has 0 aliphatic carbocycles. The van der Waals surface area contributed by atoms with Crippen LogP contribution in [0.25, 0.3) is 0 Å². The molecule has 1 N–H and O–H groups in total. The van der Waals surface area contributed by atoms with Gasteiger partial charge in [0.05, 0.1) is 11.4 Å². The Kier molecular flexibility index (Phi) is 6.30. The number of hydrogen-bond acceptors (Lipinski definition) is 3. The Bertz CT molecular complexity index is 620. The van der Waals surface area contributed by atoms with Gasteiger partial charge in [-0.05, 0) is 48.7 Å². The average Bonchev–Trinajstić information content (AvgIpc) is 2.55. The number of nitrogens with one attached hydrogen (secondary N) is 1. The van der Waals surface area contributed by atoms with Crippen LogP contribution in [0.15, 0.2) is 58.8 Å². The van der Waals surface area contributed by atoms with Gasteiger partial charge < -0.3 is 5.32 Å². The molecule has 0 heterocycles. The molecule has 2 aromatic carbocycles. The first-order valence-corrected chi connectivity index (χ1v) is 7.62. The van der Waals surface area contributed by atoms with Gasteiger partial charge in [-0.3, -0.25) is 4.79 Å². The van der Waals surface area contributed by atoms with Crippen LogP contribution in [0.1, 0.15) is 31.7 Å². The smallest absolute Gasteiger partial charge is 0.211 e. The largest absolute Gasteiger partial charge is 0.329 e. The molecule has 0 saturated carbocycles. The van der Waals surface area contributed by atoms with Gasteiger partial charge in [0.2, 0.25) is 6.41 Å². The first-order chi connectivity index (χ1) is 10.8. The minimum Gasteiger partial charge on any atom is -0.329 e. The monoisotopic (exact) mass is 295 g/mol. The van der Waals surface area contributed by atoms with E-state index in [1.54, 1.807) is 12.1 Å². The zero-order valence-electron chi connectivity index (χ0n) is 12.8. The van der Waals surface area contributed by atoms with Gasteiger partial charge in [-0.1, -0.05) is 38.0 Å². The molecule has 0 spiro atoms. The number of anilines is 1. The molecule has 114 valence electrons. The van der Waals surface area contributed by atoms with Crippen molar-refractivity contribution in [3.8, 4) is 0 Å². The highest BCUT2D eigenvalue weighted by atomic mass is 16.1. The van der Waals surface area contributed by atoms with E-state index >= 15 is 0 Å². The zero-order chi connectivity index (χ0) is 15.6. The zero-order valence-corrected chi connectivity index (χ0v) is 12.8. The van der Waals surface area contributed by atoms with Crippen molar-refractivity contribution in [3.05, 3.63) is 54.1 Å². The summed E-state index contributed by atoms with van der Waals surface area (Å²) in [7, 11) is 0. The molecule has 0 aliphatic rings. The summed E-state index contributed by atoms with van der Waals surface area (Å²) < 4.78 is 0. The van der Waals surface area contributed by atoms with Crippen molar-refractivity contribution >= 4 is 23.5 Å². The van der Waals surface area contributed by atoms with E-state index in [0.717, 1.165) is 12.1 Å². The van der Waals surface area contributed by atoms with E-state index in [1.165, 1.54) is 24.8 Å². The lowest BCUT2D eigenvalue weighted by atomic mass is 10.1. The van der Waals surface area contributed by atoms with Crippen LogP contribution in [0.5, 0.6) is 0 Å². The van der Waals surface area contributed by atoms with Crippen molar-refractivity contribution < 1.29 is 4.79 Å². The molecule has 0 saturated heterocycles. The summed E-state index contributed by atoms with van der Waals surface area (Å²) in [4.78, 5) is 10.4. The lowest BCUT2D eigenvalue weighted by Crippen LogP contribution is -1.91. The Hall–Kier alpha value is -2.49. The SMILES string of the molecule is CCCCCc1ccc(N=Nc2cccc(NC=O)c2)cc1. The van der Waals surface area contributed by atoms with Crippen LogP contribution in [-0.4, -0.2) is 6.41 Å². The molecule has 0 atom stereocenters. The van der Waals surface area contributed by atoms with Crippen molar-refractivity contribution in [1.29, 1.82) is 0 Å². The first-order valence-electron chi connectivity index (χ1n) is 7.62. The van der Waals surface area contributed by atoms with Crippen molar-refractivity contribution in [2.45, 2.75) is 32.6 Å². The molecule has 0 aromatic heterocycles. The Morgan fingerprint density at radius 2 is 1.77 bits per heavy atom. The molecule has 0 bridgehead atoms.